The molecule has 3 N–H and O–H groups in total. The number of hydrogen-bond donors (Lipinski definition) is 3. The lowest BCUT2D eigenvalue weighted by molar-refractivity contribution is -0.136. The molecular formula is C27H28F3N5O3. The van der Waals surface area contributed by atoms with Gasteiger partial charge in [-0.25, -0.2) is 9.59 Å². The molecule has 1 saturated heterocycles. The van der Waals surface area contributed by atoms with Gasteiger partial charge in [-0.15, -0.1) is 0 Å². The summed E-state index contributed by atoms with van der Waals surface area (Å²) >= 11 is 0. The molecule has 0 unspecified atom stereocenters. The third-order valence-electron chi connectivity index (χ3n) is 5.97. The monoisotopic (exact) mass is 527 g/mol. The average molecular weight is 528 g/mol. The second-order valence-corrected chi connectivity index (χ2v) is 8.50. The number of nitrogens with zero attached hydrogens (tertiary/aromatic N) is 2. The zero-order valence-corrected chi connectivity index (χ0v) is 20.7. The third-order valence-corrected chi connectivity index (χ3v) is 5.97. The minimum atomic E-state index is -4.56. The second kappa shape index (κ2) is 11.8. The van der Waals surface area contributed by atoms with Gasteiger partial charge in [0.25, 0.3) is 0 Å². The minimum absolute atomic E-state index is 0.263. The van der Waals surface area contributed by atoms with Crippen LogP contribution in [-0.2, 0) is 6.18 Å². The first-order valence-electron chi connectivity index (χ1n) is 12.1. The van der Waals surface area contributed by atoms with Crippen molar-refractivity contribution in [2.45, 2.75) is 13.1 Å². The number of amides is 4. The molecule has 1 aliphatic rings. The van der Waals surface area contributed by atoms with Gasteiger partial charge in [0.05, 0.1) is 23.5 Å². The lowest BCUT2D eigenvalue weighted by atomic mass is 10.1. The van der Waals surface area contributed by atoms with Crippen molar-refractivity contribution in [2.24, 2.45) is 0 Å². The fourth-order valence-electron chi connectivity index (χ4n) is 4.09. The quantitative estimate of drug-likeness (QED) is 0.362. The van der Waals surface area contributed by atoms with Crippen molar-refractivity contribution in [2.75, 3.05) is 53.6 Å². The number of halogens is 3. The van der Waals surface area contributed by atoms with E-state index in [1.54, 1.807) is 30.3 Å². The van der Waals surface area contributed by atoms with E-state index in [2.05, 4.69) is 20.9 Å². The summed E-state index contributed by atoms with van der Waals surface area (Å²) in [6.07, 6.45) is -4.56. The smallest absolute Gasteiger partial charge is 0.418 e. The van der Waals surface area contributed by atoms with Gasteiger partial charge in [0.2, 0.25) is 0 Å². The Bertz CT molecular complexity index is 1260. The summed E-state index contributed by atoms with van der Waals surface area (Å²) in [5.74, 6) is 0.581. The van der Waals surface area contributed by atoms with Gasteiger partial charge < -0.3 is 30.5 Å². The number of carbonyl (C=O) groups is 2. The minimum Gasteiger partial charge on any atom is -0.492 e. The second-order valence-electron chi connectivity index (χ2n) is 8.50. The molecule has 8 nitrogen and oxygen atoms in total. The van der Waals surface area contributed by atoms with E-state index in [4.69, 9.17) is 4.74 Å². The maximum Gasteiger partial charge on any atom is 0.418 e. The van der Waals surface area contributed by atoms with Gasteiger partial charge in [-0.2, -0.15) is 13.2 Å². The Kier molecular flexibility index (Phi) is 8.25. The highest BCUT2D eigenvalue weighted by molar-refractivity contribution is 6.00. The molecule has 0 atom stereocenters. The zero-order chi connectivity index (χ0) is 27.1. The summed E-state index contributed by atoms with van der Waals surface area (Å²) in [6, 6.07) is 18.4. The van der Waals surface area contributed by atoms with Crippen molar-refractivity contribution in [3.8, 4) is 5.75 Å². The van der Waals surface area contributed by atoms with Crippen molar-refractivity contribution in [1.82, 2.24) is 4.90 Å². The molecule has 4 rings (SSSR count). The molecule has 0 aromatic heterocycles. The topological polar surface area (TPSA) is 85.9 Å². The lowest BCUT2D eigenvalue weighted by Crippen LogP contribution is -2.50. The van der Waals surface area contributed by atoms with Crippen molar-refractivity contribution in [3.63, 3.8) is 0 Å². The van der Waals surface area contributed by atoms with Crippen LogP contribution in [0.1, 0.15) is 12.5 Å². The standard InChI is InChI=1S/C27H28F3N5O3/c1-2-38-24-10-6-5-9-23(24)32-25(36)31-19-11-13-20(14-12-19)34-15-17-35(18-16-34)26(37)33-22-8-4-3-7-21(22)27(28,29)30/h3-14H,2,15-18H2,1H3,(H,33,37)(H2,31,32,36). The largest absolute Gasteiger partial charge is 0.492 e. The van der Waals surface area contributed by atoms with Crippen molar-refractivity contribution >= 4 is 34.8 Å². The molecule has 0 aliphatic carbocycles. The molecule has 0 radical (unpaired) electrons. The van der Waals surface area contributed by atoms with Crippen molar-refractivity contribution < 1.29 is 27.5 Å². The number of carbonyl (C=O) groups excluding carboxylic acids is 2. The van der Waals surface area contributed by atoms with Gasteiger partial charge in [-0.05, 0) is 55.5 Å². The van der Waals surface area contributed by atoms with Crippen molar-refractivity contribution in [1.29, 1.82) is 0 Å². The van der Waals surface area contributed by atoms with E-state index >= 15 is 0 Å². The Balaban J connectivity index is 1.29. The summed E-state index contributed by atoms with van der Waals surface area (Å²) in [5, 5.41) is 7.95. The average Bonchev–Trinajstić information content (AvgIpc) is 2.90. The number of nitrogens with one attached hydrogen (secondary N) is 3. The van der Waals surface area contributed by atoms with Gasteiger partial charge >= 0.3 is 18.2 Å². The Morgan fingerprint density at radius 3 is 2.11 bits per heavy atom. The normalized spacial score (nSPS) is 13.6. The molecule has 3 aromatic rings. The number of rotatable bonds is 6. The van der Waals surface area contributed by atoms with Crippen LogP contribution in [0.25, 0.3) is 0 Å². The molecule has 4 amide bonds. The predicted molar refractivity (Wildman–Crippen MR) is 141 cm³/mol. The maximum atomic E-state index is 13.2. The van der Waals surface area contributed by atoms with Crippen LogP contribution in [-0.4, -0.2) is 49.7 Å². The molecule has 0 spiro atoms. The van der Waals surface area contributed by atoms with Crippen LogP contribution in [0.5, 0.6) is 5.75 Å². The summed E-state index contributed by atoms with van der Waals surface area (Å²) in [6.45, 7) is 4.06. The number of ether oxygens (including phenoxy) is 1. The molecule has 1 aliphatic heterocycles. The molecule has 3 aromatic carbocycles. The summed E-state index contributed by atoms with van der Waals surface area (Å²) in [5.41, 5.74) is 0.919. The zero-order valence-electron chi connectivity index (χ0n) is 20.7. The third kappa shape index (κ3) is 6.67. The van der Waals surface area contributed by atoms with E-state index in [0.29, 0.717) is 49.9 Å². The Labute approximate surface area is 218 Å². The number of piperazine rings is 1. The Morgan fingerprint density at radius 1 is 0.816 bits per heavy atom. The van der Waals surface area contributed by atoms with Gasteiger partial charge in [-0.3, -0.25) is 0 Å². The molecular weight excluding hydrogens is 499 g/mol. The fourth-order valence-corrected chi connectivity index (χ4v) is 4.09. The van der Waals surface area contributed by atoms with Crippen LogP contribution in [0.3, 0.4) is 0 Å². The highest BCUT2D eigenvalue weighted by atomic mass is 19.4. The molecule has 38 heavy (non-hydrogen) atoms. The molecule has 1 heterocycles. The van der Waals surface area contributed by atoms with E-state index in [0.717, 1.165) is 11.8 Å². The fraction of sp³-hybridized carbons (Fsp3) is 0.259. The first kappa shape index (κ1) is 26.6. The highest BCUT2D eigenvalue weighted by Gasteiger charge is 2.34. The summed E-state index contributed by atoms with van der Waals surface area (Å²) in [7, 11) is 0. The van der Waals surface area contributed by atoms with E-state index in [1.165, 1.54) is 23.1 Å². The van der Waals surface area contributed by atoms with Crippen LogP contribution in [0.2, 0.25) is 0 Å². The molecule has 0 bridgehead atoms. The first-order valence-corrected chi connectivity index (χ1v) is 12.1. The van der Waals surface area contributed by atoms with Crippen LogP contribution in [0.4, 0.5) is 45.5 Å². The number of urea groups is 2. The number of benzene rings is 3. The molecule has 0 saturated carbocycles. The number of hydrogen-bond acceptors (Lipinski definition) is 4. The Morgan fingerprint density at radius 2 is 1.45 bits per heavy atom. The van der Waals surface area contributed by atoms with E-state index in [1.807, 2.05) is 25.1 Å². The van der Waals surface area contributed by atoms with E-state index in [-0.39, 0.29) is 5.69 Å². The van der Waals surface area contributed by atoms with Crippen LogP contribution < -0.4 is 25.6 Å². The van der Waals surface area contributed by atoms with E-state index in [9.17, 15) is 22.8 Å². The predicted octanol–water partition coefficient (Wildman–Crippen LogP) is 6.10. The lowest BCUT2D eigenvalue weighted by Gasteiger charge is -2.36. The summed E-state index contributed by atoms with van der Waals surface area (Å²) < 4.78 is 45.2. The van der Waals surface area contributed by atoms with Crippen LogP contribution >= 0.6 is 0 Å². The number of alkyl halides is 3. The van der Waals surface area contributed by atoms with Gasteiger partial charge in [-0.1, -0.05) is 24.3 Å². The Hall–Kier alpha value is -4.41. The highest BCUT2D eigenvalue weighted by Crippen LogP contribution is 2.34. The van der Waals surface area contributed by atoms with E-state index < -0.39 is 23.8 Å². The van der Waals surface area contributed by atoms with Crippen LogP contribution in [0, 0.1) is 0 Å². The molecule has 1 fully saturated rings. The first-order chi connectivity index (χ1) is 18.2. The van der Waals surface area contributed by atoms with Gasteiger partial charge in [0, 0.05) is 37.6 Å². The molecule has 200 valence electrons. The van der Waals surface area contributed by atoms with Crippen molar-refractivity contribution in [3.05, 3.63) is 78.4 Å². The number of para-hydroxylation sites is 3. The van der Waals surface area contributed by atoms with Crippen LogP contribution in [0.15, 0.2) is 72.8 Å². The summed E-state index contributed by atoms with van der Waals surface area (Å²) in [4.78, 5) is 28.6. The molecule has 11 heteroatoms. The SMILES string of the molecule is CCOc1ccccc1NC(=O)Nc1ccc(N2CCN(C(=O)Nc3ccccc3C(F)(F)F)CC2)cc1. The van der Waals surface area contributed by atoms with Gasteiger partial charge in [0.15, 0.2) is 0 Å². The maximum absolute atomic E-state index is 13.2. The van der Waals surface area contributed by atoms with Gasteiger partial charge in [0.1, 0.15) is 5.75 Å². The number of anilines is 4.